The van der Waals surface area contributed by atoms with E-state index in [0.29, 0.717) is 0 Å². The number of fused-ring (bicyclic) bond motifs is 2. The van der Waals surface area contributed by atoms with Crippen LogP contribution in [0.4, 0.5) is 0 Å². The van der Waals surface area contributed by atoms with Gasteiger partial charge in [-0.3, -0.25) is 0 Å². The molecule has 0 saturated heterocycles. The second-order valence-electron chi connectivity index (χ2n) is 4.05. The Balaban J connectivity index is 0.000000149. The van der Waals surface area contributed by atoms with Crippen LogP contribution in [0.15, 0.2) is 0 Å². The summed E-state index contributed by atoms with van der Waals surface area (Å²) in [5.74, 6) is -2.05. The van der Waals surface area contributed by atoms with Crippen LogP contribution in [0.2, 0.25) is 0 Å². The first-order valence-electron chi connectivity index (χ1n) is 5.02. The highest BCUT2D eigenvalue weighted by molar-refractivity contribution is 6.25. The van der Waals surface area contributed by atoms with E-state index in [1.807, 2.05) is 0 Å². The SMILES string of the molecule is C1CC2CCC(C1)C2.O=C([O-])C(=O)[O-]. The van der Waals surface area contributed by atoms with Crippen LogP contribution in [0.25, 0.3) is 0 Å². The first-order chi connectivity index (χ1) is 6.59. The standard InChI is InChI=1S/C8H14.C2H2O4/c1-2-7-4-5-8(3-1)6-7;3-1(4)2(5)6/h7-8H,1-6H2;(H,3,4)(H,5,6)/p-2. The molecule has 0 N–H and O–H groups in total. The third kappa shape index (κ3) is 3.36. The van der Waals surface area contributed by atoms with Gasteiger partial charge >= 0.3 is 0 Å². The van der Waals surface area contributed by atoms with E-state index in [2.05, 4.69) is 0 Å². The van der Waals surface area contributed by atoms with Crippen LogP contribution >= 0.6 is 0 Å². The Labute approximate surface area is 82.9 Å². The minimum absolute atomic E-state index is 1.16. The summed E-state index contributed by atoms with van der Waals surface area (Å²) in [6.07, 6.45) is 9.34. The van der Waals surface area contributed by atoms with E-state index < -0.39 is 11.9 Å². The van der Waals surface area contributed by atoms with Gasteiger partial charge < -0.3 is 19.8 Å². The quantitative estimate of drug-likeness (QED) is 0.471. The molecule has 0 aromatic heterocycles. The van der Waals surface area contributed by atoms with Gasteiger partial charge in [-0.2, -0.15) is 0 Å². The largest absolute Gasteiger partial charge is 0.543 e. The number of carboxylic acid groups (broad SMARTS) is 2. The van der Waals surface area contributed by atoms with Crippen LogP contribution in [0.3, 0.4) is 0 Å². The Morgan fingerprint density at radius 1 is 0.857 bits per heavy atom. The number of hydrogen-bond donors (Lipinski definition) is 0. The lowest BCUT2D eigenvalue weighted by Gasteiger charge is -2.16. The Kier molecular flexibility index (Phi) is 3.92. The molecular formula is C10H14O4-2. The lowest BCUT2D eigenvalue weighted by molar-refractivity contribution is -0.345. The zero-order valence-corrected chi connectivity index (χ0v) is 8.03. The van der Waals surface area contributed by atoms with Gasteiger partial charge in [-0.15, -0.1) is 0 Å². The summed E-state index contributed by atoms with van der Waals surface area (Å²) >= 11 is 0. The van der Waals surface area contributed by atoms with E-state index in [4.69, 9.17) is 19.8 Å². The summed E-state index contributed by atoms with van der Waals surface area (Å²) < 4.78 is 0. The normalized spacial score (nSPS) is 28.9. The molecule has 4 heteroatoms. The Morgan fingerprint density at radius 2 is 1.29 bits per heavy atom. The molecule has 0 radical (unpaired) electrons. The van der Waals surface area contributed by atoms with Crippen molar-refractivity contribution in [2.24, 2.45) is 11.8 Å². The summed E-state index contributed by atoms with van der Waals surface area (Å²) in [4.78, 5) is 17.9. The number of carbonyl (C=O) groups is 2. The van der Waals surface area contributed by atoms with Gasteiger partial charge in [-0.25, -0.2) is 0 Å². The van der Waals surface area contributed by atoms with Crippen molar-refractivity contribution in [3.8, 4) is 0 Å². The first kappa shape index (κ1) is 11.0. The lowest BCUT2D eigenvalue weighted by atomic mass is 9.89. The Morgan fingerprint density at radius 3 is 1.57 bits per heavy atom. The summed E-state index contributed by atoms with van der Waals surface area (Å²) in [7, 11) is 0. The zero-order valence-electron chi connectivity index (χ0n) is 8.03. The van der Waals surface area contributed by atoms with Crippen molar-refractivity contribution in [3.63, 3.8) is 0 Å². The fourth-order valence-electron chi connectivity index (χ4n) is 2.40. The molecule has 2 bridgehead atoms. The second kappa shape index (κ2) is 4.98. The van der Waals surface area contributed by atoms with E-state index in [9.17, 15) is 0 Å². The molecule has 2 rings (SSSR count). The fourth-order valence-corrected chi connectivity index (χ4v) is 2.40. The summed E-state index contributed by atoms with van der Waals surface area (Å²) in [5, 5.41) is 17.9. The number of carboxylic acids is 2. The smallest absolute Gasteiger partial charge is 0.0870 e. The molecular weight excluding hydrogens is 184 g/mol. The number of aliphatic carboxylic acids is 2. The summed E-state index contributed by atoms with van der Waals surface area (Å²) in [5.41, 5.74) is 0. The van der Waals surface area contributed by atoms with E-state index >= 15 is 0 Å². The van der Waals surface area contributed by atoms with Crippen molar-refractivity contribution in [2.45, 2.75) is 38.5 Å². The van der Waals surface area contributed by atoms with E-state index in [-0.39, 0.29) is 0 Å². The van der Waals surface area contributed by atoms with Crippen LogP contribution in [-0.4, -0.2) is 11.9 Å². The first-order valence-corrected chi connectivity index (χ1v) is 5.02. The average Bonchev–Trinajstić information content (AvgIpc) is 2.46. The van der Waals surface area contributed by atoms with Crippen molar-refractivity contribution < 1.29 is 19.8 Å². The predicted octanol–water partition coefficient (Wildman–Crippen LogP) is -0.927. The molecule has 14 heavy (non-hydrogen) atoms. The van der Waals surface area contributed by atoms with Crippen molar-refractivity contribution in [1.82, 2.24) is 0 Å². The molecule has 0 heterocycles. The Bertz CT molecular complexity index is 198. The van der Waals surface area contributed by atoms with Crippen LogP contribution in [-0.2, 0) is 9.59 Å². The molecule has 0 aromatic rings. The van der Waals surface area contributed by atoms with Gasteiger partial charge in [0.1, 0.15) is 0 Å². The van der Waals surface area contributed by atoms with Crippen molar-refractivity contribution in [3.05, 3.63) is 0 Å². The highest BCUT2D eigenvalue weighted by Crippen LogP contribution is 2.41. The predicted molar refractivity (Wildman–Crippen MR) is 44.7 cm³/mol. The van der Waals surface area contributed by atoms with Gasteiger partial charge in [0.25, 0.3) is 0 Å². The monoisotopic (exact) mass is 198 g/mol. The molecule has 0 aromatic carbocycles. The number of hydrogen-bond acceptors (Lipinski definition) is 4. The maximum atomic E-state index is 8.93. The molecule has 0 aliphatic heterocycles. The van der Waals surface area contributed by atoms with Gasteiger partial charge in [0.2, 0.25) is 0 Å². The number of rotatable bonds is 0. The van der Waals surface area contributed by atoms with Crippen LogP contribution in [0.1, 0.15) is 38.5 Å². The van der Waals surface area contributed by atoms with Gasteiger partial charge in [0.15, 0.2) is 0 Å². The van der Waals surface area contributed by atoms with Gasteiger partial charge in [-0.1, -0.05) is 32.1 Å². The van der Waals surface area contributed by atoms with Gasteiger partial charge in [-0.05, 0) is 18.3 Å². The molecule has 2 saturated carbocycles. The third-order valence-electron chi connectivity index (χ3n) is 3.04. The summed E-state index contributed by atoms with van der Waals surface area (Å²) in [6.45, 7) is 0. The zero-order chi connectivity index (χ0) is 10.6. The highest BCUT2D eigenvalue weighted by atomic mass is 16.4. The van der Waals surface area contributed by atoms with E-state index in [1.54, 1.807) is 32.1 Å². The Hall–Kier alpha value is -1.06. The topological polar surface area (TPSA) is 80.3 Å². The maximum Gasteiger partial charge on any atom is 0.0870 e. The van der Waals surface area contributed by atoms with Gasteiger partial charge in [0, 0.05) is 0 Å². The van der Waals surface area contributed by atoms with Crippen LogP contribution < -0.4 is 10.2 Å². The van der Waals surface area contributed by atoms with Gasteiger partial charge in [0.05, 0.1) is 11.9 Å². The maximum absolute atomic E-state index is 8.93. The third-order valence-corrected chi connectivity index (χ3v) is 3.04. The molecule has 2 unspecified atom stereocenters. The van der Waals surface area contributed by atoms with Crippen molar-refractivity contribution in [2.75, 3.05) is 0 Å². The lowest BCUT2D eigenvalue weighted by Crippen LogP contribution is -2.42. The molecule has 2 atom stereocenters. The minimum Gasteiger partial charge on any atom is -0.543 e. The molecule has 0 amide bonds. The molecule has 2 aliphatic rings. The average molecular weight is 198 g/mol. The minimum atomic E-state index is -2.19. The van der Waals surface area contributed by atoms with Crippen LogP contribution in [0, 0.1) is 11.8 Å². The molecule has 80 valence electrons. The molecule has 2 aliphatic carbocycles. The number of carbonyl (C=O) groups excluding carboxylic acids is 2. The summed E-state index contributed by atoms with van der Waals surface area (Å²) in [6, 6.07) is 0. The van der Waals surface area contributed by atoms with Crippen molar-refractivity contribution in [1.29, 1.82) is 0 Å². The molecule has 0 spiro atoms. The van der Waals surface area contributed by atoms with Crippen LogP contribution in [0.5, 0.6) is 0 Å². The van der Waals surface area contributed by atoms with Crippen molar-refractivity contribution >= 4 is 11.9 Å². The second-order valence-corrected chi connectivity index (χ2v) is 4.05. The molecule has 4 nitrogen and oxygen atoms in total. The molecule has 2 fully saturated rings. The van der Waals surface area contributed by atoms with E-state index in [1.165, 1.54) is 6.42 Å². The highest BCUT2D eigenvalue weighted by Gasteiger charge is 2.27. The van der Waals surface area contributed by atoms with E-state index in [0.717, 1.165) is 11.8 Å². The fraction of sp³-hybridized carbons (Fsp3) is 0.800.